The van der Waals surface area contributed by atoms with Crippen LogP contribution in [0.2, 0.25) is 0 Å². The maximum atomic E-state index is 3.83. The van der Waals surface area contributed by atoms with Crippen LogP contribution < -0.4 is 5.32 Å². The summed E-state index contributed by atoms with van der Waals surface area (Å²) in [5, 5.41) is 3.83. The van der Waals surface area contributed by atoms with Crippen LogP contribution >= 0.6 is 0 Å². The van der Waals surface area contributed by atoms with Gasteiger partial charge in [-0.25, -0.2) is 0 Å². The fraction of sp³-hybridized carbons (Fsp3) is 1.00. The minimum atomic E-state index is 0.676. The Bertz CT molecular complexity index is 207. The van der Waals surface area contributed by atoms with Gasteiger partial charge in [-0.15, -0.1) is 0 Å². The number of hydrogen-bond acceptors (Lipinski definition) is 1. The van der Waals surface area contributed by atoms with Crippen molar-refractivity contribution >= 4 is 0 Å². The topological polar surface area (TPSA) is 12.0 Å². The predicted octanol–water partition coefficient (Wildman–Crippen LogP) is 4.13. The lowest BCUT2D eigenvalue weighted by atomic mass is 9.95. The van der Waals surface area contributed by atoms with E-state index in [0.29, 0.717) is 5.41 Å². The molecular formula is C15H29N. The summed E-state index contributed by atoms with van der Waals surface area (Å²) in [6, 6.07) is 0.833. The Morgan fingerprint density at radius 3 is 2.62 bits per heavy atom. The third kappa shape index (κ3) is 3.76. The van der Waals surface area contributed by atoms with E-state index in [1.54, 1.807) is 0 Å². The summed E-state index contributed by atoms with van der Waals surface area (Å²) in [6.07, 6.45) is 13.0. The molecule has 16 heavy (non-hydrogen) atoms. The fourth-order valence-corrected chi connectivity index (χ4v) is 3.06. The van der Waals surface area contributed by atoms with E-state index in [9.17, 15) is 0 Å². The summed E-state index contributed by atoms with van der Waals surface area (Å²) in [6.45, 7) is 6.03. The Balaban J connectivity index is 1.67. The highest BCUT2D eigenvalue weighted by Crippen LogP contribution is 2.44. The van der Waals surface area contributed by atoms with Crippen molar-refractivity contribution in [1.82, 2.24) is 5.32 Å². The molecule has 2 saturated carbocycles. The maximum absolute atomic E-state index is 3.83. The highest BCUT2D eigenvalue weighted by Gasteiger charge is 2.37. The fourth-order valence-electron chi connectivity index (χ4n) is 3.06. The van der Waals surface area contributed by atoms with E-state index in [-0.39, 0.29) is 0 Å². The molecule has 0 aromatic heterocycles. The van der Waals surface area contributed by atoms with Gasteiger partial charge in [-0.2, -0.15) is 0 Å². The van der Waals surface area contributed by atoms with Gasteiger partial charge in [0.05, 0.1) is 0 Å². The van der Waals surface area contributed by atoms with Crippen molar-refractivity contribution in [2.24, 2.45) is 11.3 Å². The van der Waals surface area contributed by atoms with Gasteiger partial charge in [-0.05, 0) is 43.4 Å². The first kappa shape index (κ1) is 12.4. The standard InChI is InChI=1S/C15H29N/c1-3-5-13-6-4-7-14(9-8-13)16-12-15(2)10-11-15/h13-14,16H,3-12H2,1-2H3. The molecule has 2 unspecified atom stereocenters. The molecule has 0 aliphatic heterocycles. The van der Waals surface area contributed by atoms with Crippen LogP contribution in [0.3, 0.4) is 0 Å². The molecule has 2 rings (SSSR count). The minimum Gasteiger partial charge on any atom is -0.313 e. The molecule has 1 N–H and O–H groups in total. The number of rotatable bonds is 5. The smallest absolute Gasteiger partial charge is 0.00673 e. The zero-order valence-corrected chi connectivity index (χ0v) is 11.2. The van der Waals surface area contributed by atoms with Gasteiger partial charge < -0.3 is 5.32 Å². The molecule has 0 amide bonds. The molecule has 94 valence electrons. The second-order valence-electron chi connectivity index (χ2n) is 6.55. The summed E-state index contributed by atoms with van der Waals surface area (Å²) < 4.78 is 0. The second-order valence-corrected chi connectivity index (χ2v) is 6.55. The first-order valence-corrected chi connectivity index (χ1v) is 7.45. The summed E-state index contributed by atoms with van der Waals surface area (Å²) in [5.41, 5.74) is 0.676. The van der Waals surface area contributed by atoms with Gasteiger partial charge in [-0.1, -0.05) is 39.5 Å². The minimum absolute atomic E-state index is 0.676. The quantitative estimate of drug-likeness (QED) is 0.691. The second kappa shape index (κ2) is 5.53. The average Bonchev–Trinajstić information content (AvgIpc) is 3.02. The Morgan fingerprint density at radius 2 is 1.94 bits per heavy atom. The van der Waals surface area contributed by atoms with Crippen molar-refractivity contribution in [3.63, 3.8) is 0 Å². The van der Waals surface area contributed by atoms with Crippen LogP contribution in [0.4, 0.5) is 0 Å². The van der Waals surface area contributed by atoms with Crippen LogP contribution in [0.15, 0.2) is 0 Å². The van der Waals surface area contributed by atoms with E-state index in [1.807, 2.05) is 0 Å². The summed E-state index contributed by atoms with van der Waals surface area (Å²) in [7, 11) is 0. The first-order chi connectivity index (χ1) is 7.72. The van der Waals surface area contributed by atoms with Crippen LogP contribution in [0.25, 0.3) is 0 Å². The number of hydrogen-bond donors (Lipinski definition) is 1. The van der Waals surface area contributed by atoms with Crippen LogP contribution in [0, 0.1) is 11.3 Å². The van der Waals surface area contributed by atoms with Gasteiger partial charge in [0.25, 0.3) is 0 Å². The Morgan fingerprint density at radius 1 is 1.12 bits per heavy atom. The molecule has 2 aliphatic carbocycles. The van der Waals surface area contributed by atoms with Gasteiger partial charge in [-0.3, -0.25) is 0 Å². The molecule has 2 fully saturated rings. The van der Waals surface area contributed by atoms with E-state index in [1.165, 1.54) is 64.3 Å². The number of nitrogens with one attached hydrogen (secondary N) is 1. The summed E-state index contributed by atoms with van der Waals surface area (Å²) in [5.74, 6) is 1.04. The Labute approximate surface area is 101 Å². The zero-order chi connectivity index (χ0) is 11.4. The largest absolute Gasteiger partial charge is 0.313 e. The molecule has 0 radical (unpaired) electrons. The van der Waals surface area contributed by atoms with Crippen molar-refractivity contribution in [2.45, 2.75) is 77.7 Å². The molecule has 2 aliphatic rings. The molecule has 0 spiro atoms. The first-order valence-electron chi connectivity index (χ1n) is 7.45. The van der Waals surface area contributed by atoms with Crippen molar-refractivity contribution in [1.29, 1.82) is 0 Å². The molecule has 0 aromatic rings. The van der Waals surface area contributed by atoms with Crippen molar-refractivity contribution < 1.29 is 0 Å². The lowest BCUT2D eigenvalue weighted by molar-refractivity contribution is 0.388. The molecule has 0 aromatic carbocycles. The molecule has 2 atom stereocenters. The van der Waals surface area contributed by atoms with E-state index in [0.717, 1.165) is 12.0 Å². The zero-order valence-electron chi connectivity index (χ0n) is 11.2. The average molecular weight is 223 g/mol. The summed E-state index contributed by atoms with van der Waals surface area (Å²) in [4.78, 5) is 0. The normalized spacial score (nSPS) is 33.4. The highest BCUT2D eigenvalue weighted by atomic mass is 14.9. The lowest BCUT2D eigenvalue weighted by Crippen LogP contribution is -2.33. The SMILES string of the molecule is CCCC1CCCC(NCC2(C)CC2)CC1. The molecule has 0 bridgehead atoms. The third-order valence-electron chi connectivity index (χ3n) is 4.71. The van der Waals surface area contributed by atoms with Gasteiger partial charge >= 0.3 is 0 Å². The van der Waals surface area contributed by atoms with Gasteiger partial charge in [0, 0.05) is 12.6 Å². The molecular weight excluding hydrogens is 194 g/mol. The van der Waals surface area contributed by atoms with Crippen molar-refractivity contribution in [2.75, 3.05) is 6.54 Å². The van der Waals surface area contributed by atoms with E-state index >= 15 is 0 Å². The van der Waals surface area contributed by atoms with Crippen molar-refractivity contribution in [3.05, 3.63) is 0 Å². The van der Waals surface area contributed by atoms with Crippen LogP contribution in [0.5, 0.6) is 0 Å². The molecule has 1 nitrogen and oxygen atoms in total. The van der Waals surface area contributed by atoms with E-state index in [2.05, 4.69) is 19.2 Å². The lowest BCUT2D eigenvalue weighted by Gasteiger charge is -2.19. The summed E-state index contributed by atoms with van der Waals surface area (Å²) >= 11 is 0. The van der Waals surface area contributed by atoms with Crippen LogP contribution in [-0.4, -0.2) is 12.6 Å². The maximum Gasteiger partial charge on any atom is 0.00673 e. The predicted molar refractivity (Wildman–Crippen MR) is 70.6 cm³/mol. The Hall–Kier alpha value is -0.0400. The monoisotopic (exact) mass is 223 g/mol. The van der Waals surface area contributed by atoms with Crippen LogP contribution in [-0.2, 0) is 0 Å². The van der Waals surface area contributed by atoms with Gasteiger partial charge in [0.2, 0.25) is 0 Å². The third-order valence-corrected chi connectivity index (χ3v) is 4.71. The van der Waals surface area contributed by atoms with Gasteiger partial charge in [0.15, 0.2) is 0 Å². The molecule has 0 saturated heterocycles. The van der Waals surface area contributed by atoms with Crippen LogP contribution in [0.1, 0.15) is 71.6 Å². The van der Waals surface area contributed by atoms with E-state index < -0.39 is 0 Å². The molecule has 0 heterocycles. The van der Waals surface area contributed by atoms with Crippen molar-refractivity contribution in [3.8, 4) is 0 Å². The highest BCUT2D eigenvalue weighted by molar-refractivity contribution is 4.91. The van der Waals surface area contributed by atoms with Gasteiger partial charge in [0.1, 0.15) is 0 Å². The van der Waals surface area contributed by atoms with E-state index in [4.69, 9.17) is 0 Å². The Kier molecular flexibility index (Phi) is 4.29. The molecule has 1 heteroatoms.